The highest BCUT2D eigenvalue weighted by atomic mass is 16.5. The summed E-state index contributed by atoms with van der Waals surface area (Å²) < 4.78 is 10.2. The number of nitrogen functional groups attached to an aromatic ring is 1. The van der Waals surface area contributed by atoms with Gasteiger partial charge in [0.2, 0.25) is 0 Å². The number of hydrazine groups is 1. The van der Waals surface area contributed by atoms with Crippen LogP contribution in [-0.4, -0.2) is 39.4 Å². The van der Waals surface area contributed by atoms with Gasteiger partial charge in [0.25, 0.3) is 5.91 Å². The highest BCUT2D eigenvalue weighted by molar-refractivity contribution is 5.99. The van der Waals surface area contributed by atoms with Gasteiger partial charge >= 0.3 is 0 Å². The fourth-order valence-corrected chi connectivity index (χ4v) is 1.85. The van der Waals surface area contributed by atoms with E-state index in [4.69, 9.17) is 15.3 Å². The van der Waals surface area contributed by atoms with Crippen molar-refractivity contribution < 1.29 is 14.3 Å². The van der Waals surface area contributed by atoms with Crippen LogP contribution in [0.2, 0.25) is 0 Å². The molecular weight excluding hydrogens is 270 g/mol. The van der Waals surface area contributed by atoms with Crippen molar-refractivity contribution in [3.8, 4) is 0 Å². The largest absolute Gasteiger partial charge is 0.382 e. The van der Waals surface area contributed by atoms with Crippen LogP contribution < -0.4 is 16.6 Å². The van der Waals surface area contributed by atoms with Crippen molar-refractivity contribution in [2.24, 2.45) is 5.84 Å². The number of carbonyl (C=O) groups excluding carboxylic acids is 1. The zero-order valence-corrected chi connectivity index (χ0v) is 12.8. The molecule has 0 unspecified atom stereocenters. The Kier molecular flexibility index (Phi) is 8.42. The molecular formula is C15H25N3O3. The van der Waals surface area contributed by atoms with Gasteiger partial charge in [0.05, 0.1) is 24.5 Å². The third kappa shape index (κ3) is 6.57. The van der Waals surface area contributed by atoms with E-state index in [1.54, 1.807) is 13.2 Å². The molecule has 6 nitrogen and oxygen atoms in total. The molecule has 0 spiro atoms. The van der Waals surface area contributed by atoms with E-state index in [0.717, 1.165) is 18.4 Å². The number of carbonyl (C=O) groups is 1. The minimum atomic E-state index is -0.122. The predicted octanol–water partition coefficient (Wildman–Crippen LogP) is 1.45. The molecule has 1 amide bonds. The molecule has 0 aromatic heterocycles. The summed E-state index contributed by atoms with van der Waals surface area (Å²) in [6, 6.07) is 5.51. The van der Waals surface area contributed by atoms with Gasteiger partial charge < -0.3 is 20.2 Å². The summed E-state index contributed by atoms with van der Waals surface area (Å²) in [5, 5.41) is 2.88. The Balaban J connectivity index is 2.25. The maximum absolute atomic E-state index is 12.1. The lowest BCUT2D eigenvalue weighted by molar-refractivity contribution is 0.0686. The van der Waals surface area contributed by atoms with Crippen LogP contribution in [0.1, 0.15) is 28.8 Å². The van der Waals surface area contributed by atoms with Crippen molar-refractivity contribution >= 4 is 11.6 Å². The van der Waals surface area contributed by atoms with Crippen LogP contribution in [0.25, 0.3) is 0 Å². The molecule has 0 saturated carbocycles. The Bertz CT molecular complexity index is 438. The first-order valence-corrected chi connectivity index (χ1v) is 7.11. The Hall–Kier alpha value is -1.63. The molecule has 6 heteroatoms. The second kappa shape index (κ2) is 10.1. The molecule has 1 aromatic rings. The summed E-state index contributed by atoms with van der Waals surface area (Å²) in [7, 11) is 1.65. The van der Waals surface area contributed by atoms with Crippen molar-refractivity contribution in [3.63, 3.8) is 0 Å². The summed E-state index contributed by atoms with van der Waals surface area (Å²) in [5.41, 5.74) is 4.79. The minimum absolute atomic E-state index is 0.122. The lowest BCUT2D eigenvalue weighted by Crippen LogP contribution is -2.26. The Labute approximate surface area is 126 Å². The molecule has 0 saturated heterocycles. The fourth-order valence-electron chi connectivity index (χ4n) is 1.85. The highest BCUT2D eigenvalue weighted by Crippen LogP contribution is 2.16. The molecule has 21 heavy (non-hydrogen) atoms. The van der Waals surface area contributed by atoms with Crippen LogP contribution >= 0.6 is 0 Å². The molecule has 0 atom stereocenters. The standard InChI is InChI=1S/C15H25N3O3/c1-12-5-6-13(14(11-12)18-16)15(19)17-7-3-4-8-21-10-9-20-2/h5-6,11,18H,3-4,7-10,16H2,1-2H3,(H,17,19). The number of unbranched alkanes of at least 4 members (excludes halogenated alkanes) is 1. The van der Waals surface area contributed by atoms with Gasteiger partial charge in [0.15, 0.2) is 0 Å². The quantitative estimate of drug-likeness (QED) is 0.345. The van der Waals surface area contributed by atoms with Crippen LogP contribution in [-0.2, 0) is 9.47 Å². The molecule has 1 aromatic carbocycles. The molecule has 118 valence electrons. The minimum Gasteiger partial charge on any atom is -0.382 e. The second-order valence-corrected chi connectivity index (χ2v) is 4.76. The topological polar surface area (TPSA) is 85.6 Å². The Morgan fingerprint density at radius 3 is 2.76 bits per heavy atom. The molecule has 0 radical (unpaired) electrons. The average molecular weight is 295 g/mol. The van der Waals surface area contributed by atoms with E-state index in [1.807, 2.05) is 19.1 Å². The number of amides is 1. The van der Waals surface area contributed by atoms with E-state index in [2.05, 4.69) is 10.7 Å². The maximum atomic E-state index is 12.1. The van der Waals surface area contributed by atoms with Crippen LogP contribution in [0.15, 0.2) is 18.2 Å². The van der Waals surface area contributed by atoms with Crippen molar-refractivity contribution in [1.29, 1.82) is 0 Å². The number of hydrogen-bond donors (Lipinski definition) is 3. The van der Waals surface area contributed by atoms with Gasteiger partial charge in [-0.3, -0.25) is 10.6 Å². The van der Waals surface area contributed by atoms with Gasteiger partial charge in [-0.05, 0) is 37.5 Å². The van der Waals surface area contributed by atoms with E-state index >= 15 is 0 Å². The number of anilines is 1. The smallest absolute Gasteiger partial charge is 0.253 e. The van der Waals surface area contributed by atoms with Crippen LogP contribution in [0.4, 0.5) is 5.69 Å². The van der Waals surface area contributed by atoms with E-state index in [1.165, 1.54) is 0 Å². The number of nitrogens with one attached hydrogen (secondary N) is 2. The first-order chi connectivity index (χ1) is 10.2. The summed E-state index contributed by atoms with van der Waals surface area (Å²) in [4.78, 5) is 12.1. The fraction of sp³-hybridized carbons (Fsp3) is 0.533. The van der Waals surface area contributed by atoms with Crippen LogP contribution in [0.3, 0.4) is 0 Å². The van der Waals surface area contributed by atoms with Crippen LogP contribution in [0, 0.1) is 6.92 Å². The third-order valence-electron chi connectivity index (χ3n) is 3.01. The van der Waals surface area contributed by atoms with E-state index in [-0.39, 0.29) is 5.91 Å². The van der Waals surface area contributed by atoms with Crippen molar-refractivity contribution in [2.75, 3.05) is 38.9 Å². The normalized spacial score (nSPS) is 10.4. The first-order valence-electron chi connectivity index (χ1n) is 7.11. The lowest BCUT2D eigenvalue weighted by atomic mass is 10.1. The number of methoxy groups -OCH3 is 1. The molecule has 0 aliphatic carbocycles. The highest BCUT2D eigenvalue weighted by Gasteiger charge is 2.10. The van der Waals surface area contributed by atoms with Crippen molar-refractivity contribution in [3.05, 3.63) is 29.3 Å². The van der Waals surface area contributed by atoms with Crippen LogP contribution in [0.5, 0.6) is 0 Å². The number of nitrogens with two attached hydrogens (primary N) is 1. The monoisotopic (exact) mass is 295 g/mol. The molecule has 4 N–H and O–H groups in total. The zero-order valence-electron chi connectivity index (χ0n) is 12.8. The first kappa shape index (κ1) is 17.4. The molecule has 0 heterocycles. The van der Waals surface area contributed by atoms with Gasteiger partial charge in [-0.1, -0.05) is 6.07 Å². The SMILES string of the molecule is COCCOCCCCNC(=O)c1ccc(C)cc1NN. The molecule has 0 aliphatic rings. The van der Waals surface area contributed by atoms with Gasteiger partial charge in [-0.25, -0.2) is 0 Å². The molecule has 0 aliphatic heterocycles. The molecule has 1 rings (SSSR count). The Morgan fingerprint density at radius 1 is 1.24 bits per heavy atom. The van der Waals surface area contributed by atoms with Gasteiger partial charge in [0, 0.05) is 20.3 Å². The average Bonchev–Trinajstić information content (AvgIpc) is 2.49. The third-order valence-corrected chi connectivity index (χ3v) is 3.01. The number of aryl methyl sites for hydroxylation is 1. The summed E-state index contributed by atoms with van der Waals surface area (Å²) in [6.07, 6.45) is 1.77. The number of ether oxygens (including phenoxy) is 2. The maximum Gasteiger partial charge on any atom is 0.253 e. The van der Waals surface area contributed by atoms with E-state index < -0.39 is 0 Å². The number of rotatable bonds is 10. The Morgan fingerprint density at radius 2 is 2.05 bits per heavy atom. The van der Waals surface area contributed by atoms with Crippen molar-refractivity contribution in [1.82, 2.24) is 5.32 Å². The summed E-state index contributed by atoms with van der Waals surface area (Å²) >= 11 is 0. The van der Waals surface area contributed by atoms with Crippen molar-refractivity contribution in [2.45, 2.75) is 19.8 Å². The van der Waals surface area contributed by atoms with Gasteiger partial charge in [0.1, 0.15) is 0 Å². The molecule has 0 bridgehead atoms. The van der Waals surface area contributed by atoms with E-state index in [9.17, 15) is 4.79 Å². The lowest BCUT2D eigenvalue weighted by Gasteiger charge is -2.10. The summed E-state index contributed by atoms with van der Waals surface area (Å²) in [6.45, 7) is 4.46. The van der Waals surface area contributed by atoms with Gasteiger partial charge in [-0.2, -0.15) is 0 Å². The zero-order chi connectivity index (χ0) is 15.5. The predicted molar refractivity (Wildman–Crippen MR) is 83.3 cm³/mol. The second-order valence-electron chi connectivity index (χ2n) is 4.76. The van der Waals surface area contributed by atoms with Gasteiger partial charge in [-0.15, -0.1) is 0 Å². The summed E-state index contributed by atoms with van der Waals surface area (Å²) in [5.74, 6) is 5.31. The number of hydrogen-bond acceptors (Lipinski definition) is 5. The van der Waals surface area contributed by atoms with E-state index in [0.29, 0.717) is 37.6 Å². The molecule has 0 fully saturated rings. The number of benzene rings is 1.